The fourth-order valence-electron chi connectivity index (χ4n) is 1.72. The van der Waals surface area contributed by atoms with Crippen molar-refractivity contribution < 1.29 is 13.6 Å². The molecule has 0 atom stereocenters. The molecular formula is C15H11BrF2OS. The molecule has 2 aromatic rings. The van der Waals surface area contributed by atoms with Gasteiger partial charge in [0.1, 0.15) is 5.82 Å². The molecular weight excluding hydrogens is 346 g/mol. The van der Waals surface area contributed by atoms with Gasteiger partial charge in [-0.2, -0.15) is 0 Å². The molecule has 2 rings (SSSR count). The number of benzene rings is 2. The van der Waals surface area contributed by atoms with Crippen LogP contribution in [-0.4, -0.2) is 11.5 Å². The summed E-state index contributed by atoms with van der Waals surface area (Å²) in [5, 5.41) is 0. The maximum Gasteiger partial charge on any atom is 0.179 e. The normalized spacial score (nSPS) is 10.6. The summed E-state index contributed by atoms with van der Waals surface area (Å²) in [7, 11) is 0. The van der Waals surface area contributed by atoms with Gasteiger partial charge in [0.2, 0.25) is 0 Å². The second-order valence-corrected chi connectivity index (χ2v) is 6.07. The number of rotatable bonds is 4. The van der Waals surface area contributed by atoms with E-state index in [9.17, 15) is 13.6 Å². The van der Waals surface area contributed by atoms with Crippen LogP contribution in [-0.2, 0) is 0 Å². The molecule has 5 heteroatoms. The third kappa shape index (κ3) is 3.27. The maximum absolute atomic E-state index is 13.8. The summed E-state index contributed by atoms with van der Waals surface area (Å²) in [6.07, 6.45) is 0. The van der Waals surface area contributed by atoms with Crippen molar-refractivity contribution in [1.29, 1.82) is 0 Å². The Morgan fingerprint density at radius 1 is 1.20 bits per heavy atom. The van der Waals surface area contributed by atoms with E-state index in [1.165, 1.54) is 17.8 Å². The van der Waals surface area contributed by atoms with Gasteiger partial charge in [-0.3, -0.25) is 4.79 Å². The molecule has 0 bridgehead atoms. The fraction of sp³-hybridized carbons (Fsp3) is 0.133. The summed E-state index contributed by atoms with van der Waals surface area (Å²) in [5.74, 6) is -2.24. The molecule has 104 valence electrons. The second kappa shape index (κ2) is 6.50. The topological polar surface area (TPSA) is 17.1 Å². The lowest BCUT2D eigenvalue weighted by Crippen LogP contribution is -2.09. The second-order valence-electron chi connectivity index (χ2n) is 4.20. The molecule has 0 unspecified atom stereocenters. The molecule has 0 aliphatic rings. The summed E-state index contributed by atoms with van der Waals surface area (Å²) in [6, 6.07) is 9.89. The van der Waals surface area contributed by atoms with E-state index >= 15 is 0 Å². The van der Waals surface area contributed by atoms with Crippen LogP contribution in [0.4, 0.5) is 8.78 Å². The van der Waals surface area contributed by atoms with E-state index in [2.05, 4.69) is 15.9 Å². The van der Waals surface area contributed by atoms with Crippen LogP contribution in [0.25, 0.3) is 0 Å². The Labute approximate surface area is 128 Å². The van der Waals surface area contributed by atoms with Gasteiger partial charge >= 0.3 is 0 Å². The molecule has 0 radical (unpaired) electrons. The number of aryl methyl sites for hydroxylation is 1. The van der Waals surface area contributed by atoms with E-state index < -0.39 is 23.0 Å². The van der Waals surface area contributed by atoms with Crippen molar-refractivity contribution in [1.82, 2.24) is 0 Å². The zero-order chi connectivity index (χ0) is 14.7. The van der Waals surface area contributed by atoms with E-state index in [1.54, 1.807) is 0 Å². The monoisotopic (exact) mass is 356 g/mol. The quantitative estimate of drug-likeness (QED) is 0.435. The van der Waals surface area contributed by atoms with Crippen molar-refractivity contribution in [3.63, 3.8) is 0 Å². The van der Waals surface area contributed by atoms with Crippen LogP contribution in [0.5, 0.6) is 0 Å². The minimum absolute atomic E-state index is 0.00481. The van der Waals surface area contributed by atoms with Crippen LogP contribution in [0.2, 0.25) is 0 Å². The zero-order valence-corrected chi connectivity index (χ0v) is 13.0. The molecule has 0 spiro atoms. The molecule has 2 aromatic carbocycles. The lowest BCUT2D eigenvalue weighted by Gasteiger charge is -2.07. The Balaban J connectivity index is 2.18. The molecule has 0 aliphatic heterocycles. The van der Waals surface area contributed by atoms with Crippen molar-refractivity contribution in [3.05, 3.63) is 63.6 Å². The summed E-state index contributed by atoms with van der Waals surface area (Å²) in [6.45, 7) is 1.92. The average Bonchev–Trinajstić information content (AvgIpc) is 2.42. The first kappa shape index (κ1) is 15.2. The van der Waals surface area contributed by atoms with Crippen molar-refractivity contribution >= 4 is 33.5 Å². The number of carbonyl (C=O) groups is 1. The van der Waals surface area contributed by atoms with Crippen LogP contribution in [0, 0.1) is 18.6 Å². The zero-order valence-electron chi connectivity index (χ0n) is 10.6. The van der Waals surface area contributed by atoms with E-state index in [-0.39, 0.29) is 10.2 Å². The Kier molecular flexibility index (Phi) is 4.94. The van der Waals surface area contributed by atoms with Crippen molar-refractivity contribution in [2.24, 2.45) is 0 Å². The first-order valence-electron chi connectivity index (χ1n) is 5.86. The molecule has 0 saturated heterocycles. The van der Waals surface area contributed by atoms with Crippen molar-refractivity contribution in [2.75, 3.05) is 5.75 Å². The van der Waals surface area contributed by atoms with Crippen molar-refractivity contribution in [2.45, 2.75) is 11.8 Å². The Hall–Kier alpha value is -1.20. The largest absolute Gasteiger partial charge is 0.293 e. The van der Waals surface area contributed by atoms with E-state index in [4.69, 9.17) is 0 Å². The molecule has 0 fully saturated rings. The van der Waals surface area contributed by atoms with Crippen LogP contribution < -0.4 is 0 Å². The highest BCUT2D eigenvalue weighted by Gasteiger charge is 2.19. The minimum Gasteiger partial charge on any atom is -0.293 e. The number of carbonyl (C=O) groups excluding carboxylic acids is 1. The first-order chi connectivity index (χ1) is 9.50. The highest BCUT2D eigenvalue weighted by Crippen LogP contribution is 2.26. The number of hydrogen-bond acceptors (Lipinski definition) is 2. The summed E-state index contributed by atoms with van der Waals surface area (Å²) in [5.41, 5.74) is 0.543. The molecule has 0 aliphatic carbocycles. The van der Waals surface area contributed by atoms with Gasteiger partial charge in [0.25, 0.3) is 0 Å². The van der Waals surface area contributed by atoms with Gasteiger partial charge in [0, 0.05) is 4.90 Å². The molecule has 0 aromatic heterocycles. The Morgan fingerprint density at radius 3 is 2.60 bits per heavy atom. The van der Waals surface area contributed by atoms with Gasteiger partial charge in [-0.05, 0) is 46.6 Å². The predicted molar refractivity (Wildman–Crippen MR) is 80.3 cm³/mol. The number of Topliss-reactive ketones (excluding diaryl/α,β-unsaturated/α-hetero) is 1. The standard InChI is InChI=1S/C15H11BrF2OS/c1-9-4-2-3-5-13(9)20-8-12(19)14-11(17)7-6-10(16)15(14)18/h2-7H,8H2,1H3. The van der Waals surface area contributed by atoms with Gasteiger partial charge < -0.3 is 0 Å². The third-order valence-electron chi connectivity index (χ3n) is 2.78. The highest BCUT2D eigenvalue weighted by molar-refractivity contribution is 9.10. The van der Waals surface area contributed by atoms with Gasteiger partial charge in [-0.1, -0.05) is 18.2 Å². The van der Waals surface area contributed by atoms with Crippen molar-refractivity contribution in [3.8, 4) is 0 Å². The van der Waals surface area contributed by atoms with Gasteiger partial charge in [-0.25, -0.2) is 8.78 Å². The molecule has 0 N–H and O–H groups in total. The molecule has 20 heavy (non-hydrogen) atoms. The number of ketones is 1. The lowest BCUT2D eigenvalue weighted by molar-refractivity contribution is 0.101. The van der Waals surface area contributed by atoms with E-state index in [0.29, 0.717) is 0 Å². The van der Waals surface area contributed by atoms with Gasteiger partial charge in [-0.15, -0.1) is 11.8 Å². The summed E-state index contributed by atoms with van der Waals surface area (Å²) in [4.78, 5) is 12.9. The molecule has 0 heterocycles. The number of hydrogen-bond donors (Lipinski definition) is 0. The Bertz CT molecular complexity index is 658. The Morgan fingerprint density at radius 2 is 1.90 bits per heavy atom. The lowest BCUT2D eigenvalue weighted by atomic mass is 10.1. The van der Waals surface area contributed by atoms with Crippen LogP contribution in [0.1, 0.15) is 15.9 Å². The fourth-order valence-corrected chi connectivity index (χ4v) is 2.95. The number of halogens is 3. The van der Waals surface area contributed by atoms with E-state index in [0.717, 1.165) is 16.5 Å². The predicted octanol–water partition coefficient (Wildman–Crippen LogP) is 5.01. The van der Waals surface area contributed by atoms with Crippen LogP contribution in [0.3, 0.4) is 0 Å². The maximum atomic E-state index is 13.8. The van der Waals surface area contributed by atoms with Crippen LogP contribution >= 0.6 is 27.7 Å². The first-order valence-corrected chi connectivity index (χ1v) is 7.63. The smallest absolute Gasteiger partial charge is 0.179 e. The van der Waals surface area contributed by atoms with E-state index in [1.807, 2.05) is 31.2 Å². The third-order valence-corrected chi connectivity index (χ3v) is 4.56. The SMILES string of the molecule is Cc1ccccc1SCC(=O)c1c(F)ccc(Br)c1F. The summed E-state index contributed by atoms with van der Waals surface area (Å²) < 4.78 is 27.5. The average molecular weight is 357 g/mol. The minimum atomic E-state index is -0.847. The van der Waals surface area contributed by atoms with Crippen LogP contribution in [0.15, 0.2) is 45.8 Å². The molecule has 1 nitrogen and oxygen atoms in total. The molecule has 0 amide bonds. The highest BCUT2D eigenvalue weighted by atomic mass is 79.9. The van der Waals surface area contributed by atoms with Gasteiger partial charge in [0.15, 0.2) is 11.6 Å². The number of thioether (sulfide) groups is 1. The summed E-state index contributed by atoms with van der Waals surface area (Å²) >= 11 is 4.23. The molecule has 0 saturated carbocycles. The van der Waals surface area contributed by atoms with Gasteiger partial charge in [0.05, 0.1) is 15.8 Å².